The number of hydrogen-bond donors (Lipinski definition) is 0. The highest BCUT2D eigenvalue weighted by atomic mass is 32.2. The molecule has 1 fully saturated rings. The van der Waals surface area contributed by atoms with Crippen molar-refractivity contribution >= 4 is 27.7 Å². The lowest BCUT2D eigenvalue weighted by molar-refractivity contribution is -0.131. The van der Waals surface area contributed by atoms with Crippen molar-refractivity contribution in [3.05, 3.63) is 96.1 Å². The summed E-state index contributed by atoms with van der Waals surface area (Å²) in [5.41, 5.74) is 2.53. The second-order valence-electron chi connectivity index (χ2n) is 9.02. The lowest BCUT2D eigenvalue weighted by atomic mass is 10.2. The molecule has 0 unspecified atom stereocenters. The van der Waals surface area contributed by atoms with Gasteiger partial charge in [-0.3, -0.25) is 14.0 Å². The van der Waals surface area contributed by atoms with Crippen LogP contribution in [0, 0.1) is 6.92 Å². The average molecular weight is 520 g/mol. The summed E-state index contributed by atoms with van der Waals surface area (Å²) in [6.45, 7) is 5.01. The van der Waals surface area contributed by atoms with Crippen LogP contribution in [0.15, 0.2) is 89.8 Å². The van der Waals surface area contributed by atoms with E-state index in [1.807, 2.05) is 25.1 Å². The van der Waals surface area contributed by atoms with Crippen LogP contribution in [0.2, 0.25) is 0 Å². The molecule has 37 heavy (non-hydrogen) atoms. The van der Waals surface area contributed by atoms with E-state index in [1.54, 1.807) is 60.5 Å². The molecule has 1 saturated heterocycles. The first kappa shape index (κ1) is 26.4. The zero-order valence-electron chi connectivity index (χ0n) is 21.3. The number of nitrogens with zero attached hydrogens (tertiary/aromatic N) is 3. The largest absolute Gasteiger partial charge is 0.497 e. The quantitative estimate of drug-likeness (QED) is 0.427. The summed E-state index contributed by atoms with van der Waals surface area (Å²) in [5.74, 6) is 0.395. The molecule has 194 valence electrons. The summed E-state index contributed by atoms with van der Waals surface area (Å²) in [6.07, 6.45) is 4.23. The van der Waals surface area contributed by atoms with Crippen LogP contribution in [0.25, 0.3) is 6.08 Å². The van der Waals surface area contributed by atoms with Gasteiger partial charge in [0, 0.05) is 32.7 Å². The molecule has 0 spiro atoms. The molecule has 1 heterocycles. The molecule has 0 saturated carbocycles. The van der Waals surface area contributed by atoms with Gasteiger partial charge in [0.1, 0.15) is 12.3 Å². The Balaban J connectivity index is 1.44. The number of hydrogen-bond acceptors (Lipinski definition) is 5. The number of methoxy groups -OCH3 is 1. The molecule has 0 aromatic heterocycles. The van der Waals surface area contributed by atoms with Gasteiger partial charge in [0.15, 0.2) is 0 Å². The molecule has 7 nitrogen and oxygen atoms in total. The Hall–Kier alpha value is -3.62. The van der Waals surface area contributed by atoms with Gasteiger partial charge in [-0.25, -0.2) is 8.42 Å². The summed E-state index contributed by atoms with van der Waals surface area (Å²) in [5, 5.41) is 0. The Labute approximate surface area is 219 Å². The number of piperazine rings is 1. The molecule has 0 N–H and O–H groups in total. The number of amides is 1. The molecule has 0 bridgehead atoms. The first-order valence-corrected chi connectivity index (χ1v) is 13.8. The third kappa shape index (κ3) is 6.78. The van der Waals surface area contributed by atoms with E-state index >= 15 is 0 Å². The van der Waals surface area contributed by atoms with Crippen LogP contribution in [0.3, 0.4) is 0 Å². The third-order valence-electron chi connectivity index (χ3n) is 6.45. The highest BCUT2D eigenvalue weighted by Gasteiger charge is 2.30. The molecular formula is C29H33N3O4S. The monoisotopic (exact) mass is 519 g/mol. The highest BCUT2D eigenvalue weighted by Crippen LogP contribution is 2.26. The Morgan fingerprint density at radius 1 is 0.919 bits per heavy atom. The summed E-state index contributed by atoms with van der Waals surface area (Å²) < 4.78 is 33.6. The van der Waals surface area contributed by atoms with Gasteiger partial charge in [0.25, 0.3) is 10.0 Å². The number of carbonyl (C=O) groups is 1. The molecule has 3 aromatic carbocycles. The van der Waals surface area contributed by atoms with Crippen LogP contribution in [-0.2, 0) is 14.8 Å². The fourth-order valence-corrected chi connectivity index (χ4v) is 5.62. The minimum atomic E-state index is -3.95. The fraction of sp³-hybridized carbons (Fsp3) is 0.276. The topological polar surface area (TPSA) is 70.2 Å². The highest BCUT2D eigenvalue weighted by molar-refractivity contribution is 7.92. The lowest BCUT2D eigenvalue weighted by Gasteiger charge is -2.35. The standard InChI is InChI=1S/C29H33N3O4S/c1-24-10-16-28(17-11-24)37(34,35)32(26-12-14-27(36-2)15-13-26)23-29(33)31-21-19-30(20-22-31)18-6-9-25-7-4-3-5-8-25/h3-17H,18-23H2,1-2H3/b9-6+. The van der Waals surface area contributed by atoms with Crippen molar-refractivity contribution in [3.8, 4) is 5.75 Å². The zero-order chi connectivity index (χ0) is 26.3. The predicted octanol–water partition coefficient (Wildman–Crippen LogP) is 4.06. The molecule has 3 aromatic rings. The molecule has 1 amide bonds. The normalized spacial score (nSPS) is 14.6. The Kier molecular flexibility index (Phi) is 8.63. The molecule has 1 aliphatic rings. The predicted molar refractivity (Wildman–Crippen MR) is 147 cm³/mol. The number of anilines is 1. The van der Waals surface area contributed by atoms with Gasteiger partial charge in [-0.15, -0.1) is 0 Å². The van der Waals surface area contributed by atoms with Crippen LogP contribution < -0.4 is 9.04 Å². The number of rotatable bonds is 9. The molecule has 8 heteroatoms. The van der Waals surface area contributed by atoms with Crippen molar-refractivity contribution in [3.63, 3.8) is 0 Å². The first-order valence-electron chi connectivity index (χ1n) is 12.3. The first-order chi connectivity index (χ1) is 17.9. The van der Waals surface area contributed by atoms with Crippen molar-refractivity contribution in [2.45, 2.75) is 11.8 Å². The van der Waals surface area contributed by atoms with Gasteiger partial charge in [-0.1, -0.05) is 60.2 Å². The number of carbonyl (C=O) groups excluding carboxylic acids is 1. The summed E-state index contributed by atoms with van der Waals surface area (Å²) >= 11 is 0. The second-order valence-corrected chi connectivity index (χ2v) is 10.9. The van der Waals surface area contributed by atoms with Crippen molar-refractivity contribution in [1.82, 2.24) is 9.80 Å². The maximum atomic E-state index is 13.6. The van der Waals surface area contributed by atoms with Crippen LogP contribution >= 0.6 is 0 Å². The maximum absolute atomic E-state index is 13.6. The molecule has 4 rings (SSSR count). The van der Waals surface area contributed by atoms with E-state index in [0.29, 0.717) is 24.5 Å². The van der Waals surface area contributed by atoms with Crippen LogP contribution in [-0.4, -0.2) is 70.5 Å². The van der Waals surface area contributed by atoms with Gasteiger partial charge in [-0.2, -0.15) is 0 Å². The molecular weight excluding hydrogens is 486 g/mol. The number of benzene rings is 3. The Bertz CT molecular complexity index is 1300. The van der Waals surface area contributed by atoms with E-state index < -0.39 is 10.0 Å². The summed E-state index contributed by atoms with van der Waals surface area (Å²) in [4.78, 5) is 17.5. The van der Waals surface area contributed by atoms with E-state index in [-0.39, 0.29) is 17.3 Å². The van der Waals surface area contributed by atoms with Crippen molar-refractivity contribution in [1.29, 1.82) is 0 Å². The maximum Gasteiger partial charge on any atom is 0.264 e. The fourth-order valence-electron chi connectivity index (χ4n) is 4.21. The summed E-state index contributed by atoms with van der Waals surface area (Å²) in [7, 11) is -2.40. The number of aryl methyl sites for hydroxylation is 1. The molecule has 0 atom stereocenters. The van der Waals surface area contributed by atoms with Gasteiger partial charge < -0.3 is 9.64 Å². The second kappa shape index (κ2) is 12.1. The SMILES string of the molecule is COc1ccc(N(CC(=O)N2CCN(C/C=C/c3ccccc3)CC2)S(=O)(=O)c2ccc(C)cc2)cc1. The van der Waals surface area contributed by atoms with Crippen LogP contribution in [0.5, 0.6) is 5.75 Å². The lowest BCUT2D eigenvalue weighted by Crippen LogP contribution is -2.51. The van der Waals surface area contributed by atoms with E-state index in [9.17, 15) is 13.2 Å². The van der Waals surface area contributed by atoms with Gasteiger partial charge in [-0.05, 0) is 48.9 Å². The van der Waals surface area contributed by atoms with E-state index in [2.05, 4.69) is 29.2 Å². The van der Waals surface area contributed by atoms with Gasteiger partial charge in [0.2, 0.25) is 5.91 Å². The number of ether oxygens (including phenoxy) is 1. The van der Waals surface area contributed by atoms with Gasteiger partial charge >= 0.3 is 0 Å². The molecule has 1 aliphatic heterocycles. The third-order valence-corrected chi connectivity index (χ3v) is 8.23. The molecule has 0 aliphatic carbocycles. The van der Waals surface area contributed by atoms with Crippen molar-refractivity contribution in [2.75, 3.05) is 50.7 Å². The number of sulfonamides is 1. The van der Waals surface area contributed by atoms with Gasteiger partial charge in [0.05, 0.1) is 17.7 Å². The van der Waals surface area contributed by atoms with E-state index in [0.717, 1.165) is 30.8 Å². The Morgan fingerprint density at radius 3 is 2.19 bits per heavy atom. The van der Waals surface area contributed by atoms with Crippen molar-refractivity contribution < 1.29 is 17.9 Å². The molecule has 0 radical (unpaired) electrons. The van der Waals surface area contributed by atoms with Crippen molar-refractivity contribution in [2.24, 2.45) is 0 Å². The van der Waals surface area contributed by atoms with E-state index in [4.69, 9.17) is 4.74 Å². The smallest absolute Gasteiger partial charge is 0.264 e. The minimum absolute atomic E-state index is 0.150. The van der Waals surface area contributed by atoms with E-state index in [1.165, 1.54) is 4.31 Å². The van der Waals surface area contributed by atoms with Crippen LogP contribution in [0.4, 0.5) is 5.69 Å². The average Bonchev–Trinajstić information content (AvgIpc) is 2.93. The van der Waals surface area contributed by atoms with Crippen LogP contribution in [0.1, 0.15) is 11.1 Å². The summed E-state index contributed by atoms with van der Waals surface area (Å²) in [6, 6.07) is 23.5. The Morgan fingerprint density at radius 2 is 1.57 bits per heavy atom. The minimum Gasteiger partial charge on any atom is -0.497 e. The zero-order valence-corrected chi connectivity index (χ0v) is 22.1.